The highest BCUT2D eigenvalue weighted by Crippen LogP contribution is 1.95. The van der Waals surface area contributed by atoms with Crippen LogP contribution in [0, 0.1) is 0 Å². The second-order valence-corrected chi connectivity index (χ2v) is 2.74. The first kappa shape index (κ1) is 17.4. The van der Waals surface area contributed by atoms with Crippen molar-refractivity contribution in [2.45, 2.75) is 25.7 Å². The number of rotatable bonds is 6. The number of aliphatic hydroxyl groups is 3. The number of hydrogen-bond acceptors (Lipinski definition) is 6. The lowest BCUT2D eigenvalue weighted by Crippen LogP contribution is -2.31. The number of hydrogen-bond donors (Lipinski definition) is 3. The van der Waals surface area contributed by atoms with Gasteiger partial charge in [-0.05, 0) is 6.42 Å². The van der Waals surface area contributed by atoms with E-state index in [4.69, 9.17) is 15.3 Å². The summed E-state index contributed by atoms with van der Waals surface area (Å²) >= 11 is 0. The van der Waals surface area contributed by atoms with Crippen molar-refractivity contribution in [1.29, 1.82) is 0 Å². The van der Waals surface area contributed by atoms with Gasteiger partial charge in [-0.2, -0.15) is 0 Å². The maximum absolute atomic E-state index is 9.84. The molecule has 0 bridgehead atoms. The molecule has 0 radical (unpaired) electrons. The van der Waals surface area contributed by atoms with Gasteiger partial charge in [0.25, 0.3) is 0 Å². The van der Waals surface area contributed by atoms with Gasteiger partial charge in [0.2, 0.25) is 0 Å². The molecule has 96 valence electrons. The normalized spacial score (nSPS) is 13.1. The SMILES string of the molecule is C=CC(=O)OC.CCCOC(O)C(O)CO. The van der Waals surface area contributed by atoms with E-state index in [2.05, 4.69) is 16.1 Å². The van der Waals surface area contributed by atoms with Crippen LogP contribution in [0.3, 0.4) is 0 Å². The van der Waals surface area contributed by atoms with Crippen LogP contribution in [0.15, 0.2) is 12.7 Å². The van der Waals surface area contributed by atoms with Crippen molar-refractivity contribution < 1.29 is 29.6 Å². The Labute approximate surface area is 95.1 Å². The highest BCUT2D eigenvalue weighted by atomic mass is 16.6. The molecule has 0 aliphatic rings. The average Bonchev–Trinajstić information content (AvgIpc) is 2.34. The fourth-order valence-corrected chi connectivity index (χ4v) is 0.523. The molecule has 16 heavy (non-hydrogen) atoms. The van der Waals surface area contributed by atoms with Crippen molar-refractivity contribution in [3.8, 4) is 0 Å². The third kappa shape index (κ3) is 11.1. The Morgan fingerprint density at radius 2 is 2.06 bits per heavy atom. The first-order chi connectivity index (χ1) is 7.53. The summed E-state index contributed by atoms with van der Waals surface area (Å²) in [5.74, 6) is -0.394. The Balaban J connectivity index is 0. The van der Waals surface area contributed by atoms with Crippen LogP contribution in [0.1, 0.15) is 13.3 Å². The van der Waals surface area contributed by atoms with Gasteiger partial charge in [-0.25, -0.2) is 4.79 Å². The van der Waals surface area contributed by atoms with Crippen molar-refractivity contribution in [1.82, 2.24) is 0 Å². The lowest BCUT2D eigenvalue weighted by Gasteiger charge is -2.15. The molecule has 2 atom stereocenters. The minimum absolute atomic E-state index is 0.387. The third-order valence-corrected chi connectivity index (χ3v) is 1.38. The summed E-state index contributed by atoms with van der Waals surface area (Å²) < 4.78 is 8.83. The Morgan fingerprint density at radius 1 is 1.50 bits per heavy atom. The molecule has 2 unspecified atom stereocenters. The van der Waals surface area contributed by atoms with Crippen LogP contribution >= 0.6 is 0 Å². The van der Waals surface area contributed by atoms with E-state index in [1.54, 1.807) is 0 Å². The Morgan fingerprint density at radius 3 is 2.31 bits per heavy atom. The molecule has 6 nitrogen and oxygen atoms in total. The van der Waals surface area contributed by atoms with Gasteiger partial charge in [-0.15, -0.1) is 0 Å². The molecule has 0 aliphatic carbocycles. The summed E-state index contributed by atoms with van der Waals surface area (Å²) in [4.78, 5) is 9.84. The molecular weight excluding hydrogens is 216 g/mol. The van der Waals surface area contributed by atoms with Gasteiger partial charge in [0.05, 0.1) is 13.7 Å². The molecule has 0 aliphatic heterocycles. The van der Waals surface area contributed by atoms with E-state index in [-0.39, 0.29) is 0 Å². The number of carbonyl (C=O) groups excluding carboxylic acids is 1. The highest BCUT2D eigenvalue weighted by molar-refractivity contribution is 5.80. The maximum atomic E-state index is 9.84. The van der Waals surface area contributed by atoms with Crippen molar-refractivity contribution in [2.24, 2.45) is 0 Å². The van der Waals surface area contributed by atoms with Crippen LogP contribution in [-0.2, 0) is 14.3 Å². The van der Waals surface area contributed by atoms with Gasteiger partial charge >= 0.3 is 5.97 Å². The van der Waals surface area contributed by atoms with Crippen LogP contribution in [-0.4, -0.2) is 54.0 Å². The summed E-state index contributed by atoms with van der Waals surface area (Å²) in [6, 6.07) is 0. The van der Waals surface area contributed by atoms with Crippen LogP contribution in [0.2, 0.25) is 0 Å². The molecule has 0 saturated carbocycles. The summed E-state index contributed by atoms with van der Waals surface area (Å²) in [6.45, 7) is 4.95. The summed E-state index contributed by atoms with van der Waals surface area (Å²) in [5, 5.41) is 25.9. The van der Waals surface area contributed by atoms with Gasteiger partial charge in [-0.1, -0.05) is 13.5 Å². The lowest BCUT2D eigenvalue weighted by atomic mass is 10.4. The first-order valence-corrected chi connectivity index (χ1v) is 4.82. The third-order valence-electron chi connectivity index (χ3n) is 1.38. The second kappa shape index (κ2) is 12.1. The Bertz CT molecular complexity index is 182. The van der Waals surface area contributed by atoms with E-state index >= 15 is 0 Å². The van der Waals surface area contributed by atoms with Gasteiger partial charge in [0.1, 0.15) is 6.10 Å². The van der Waals surface area contributed by atoms with Crippen molar-refractivity contribution in [3.05, 3.63) is 12.7 Å². The molecule has 0 aromatic heterocycles. The zero-order chi connectivity index (χ0) is 13.0. The molecule has 0 spiro atoms. The summed E-state index contributed by atoms with van der Waals surface area (Å²) in [7, 11) is 1.31. The predicted molar refractivity (Wildman–Crippen MR) is 57.6 cm³/mol. The fourth-order valence-electron chi connectivity index (χ4n) is 0.523. The van der Waals surface area contributed by atoms with Crippen molar-refractivity contribution in [3.63, 3.8) is 0 Å². The molecule has 0 saturated heterocycles. The topological polar surface area (TPSA) is 96.2 Å². The Kier molecular flexibility index (Phi) is 13.2. The lowest BCUT2D eigenvalue weighted by molar-refractivity contribution is -0.170. The van der Waals surface area contributed by atoms with E-state index in [1.807, 2.05) is 6.92 Å². The molecule has 6 heteroatoms. The maximum Gasteiger partial charge on any atom is 0.329 e. The van der Waals surface area contributed by atoms with Crippen LogP contribution in [0.4, 0.5) is 0 Å². The zero-order valence-electron chi connectivity index (χ0n) is 9.63. The molecule has 0 aromatic rings. The van der Waals surface area contributed by atoms with Gasteiger partial charge in [0.15, 0.2) is 6.29 Å². The van der Waals surface area contributed by atoms with E-state index in [0.717, 1.165) is 12.5 Å². The molecular formula is C10H20O6. The van der Waals surface area contributed by atoms with Gasteiger partial charge in [-0.3, -0.25) is 0 Å². The smallest absolute Gasteiger partial charge is 0.329 e. The molecule has 0 heterocycles. The first-order valence-electron chi connectivity index (χ1n) is 4.82. The minimum atomic E-state index is -1.26. The average molecular weight is 236 g/mol. The van der Waals surface area contributed by atoms with Gasteiger partial charge < -0.3 is 24.8 Å². The molecule has 0 amide bonds. The monoisotopic (exact) mass is 236 g/mol. The standard InChI is InChI=1S/C6H14O4.C4H6O2/c1-2-3-10-6(9)5(8)4-7;1-3-4(5)6-2/h5-9H,2-4H2,1H3;3H,1H2,2H3. The van der Waals surface area contributed by atoms with E-state index in [1.165, 1.54) is 7.11 Å². The van der Waals surface area contributed by atoms with E-state index in [9.17, 15) is 4.79 Å². The highest BCUT2D eigenvalue weighted by Gasteiger charge is 2.14. The molecule has 0 rings (SSSR count). The van der Waals surface area contributed by atoms with Crippen LogP contribution < -0.4 is 0 Å². The second-order valence-electron chi connectivity index (χ2n) is 2.74. The summed E-state index contributed by atoms with van der Waals surface area (Å²) in [6.07, 6.45) is -0.564. The van der Waals surface area contributed by atoms with Crippen molar-refractivity contribution in [2.75, 3.05) is 20.3 Å². The minimum Gasteiger partial charge on any atom is -0.466 e. The molecule has 3 N–H and O–H groups in total. The number of aliphatic hydroxyl groups excluding tert-OH is 3. The van der Waals surface area contributed by atoms with Crippen LogP contribution in [0.5, 0.6) is 0 Å². The zero-order valence-corrected chi connectivity index (χ0v) is 9.63. The van der Waals surface area contributed by atoms with E-state index in [0.29, 0.717) is 6.61 Å². The number of methoxy groups -OCH3 is 1. The van der Waals surface area contributed by atoms with E-state index < -0.39 is 25.0 Å². The number of carbonyl (C=O) groups is 1. The summed E-state index contributed by atoms with van der Waals surface area (Å²) in [5.41, 5.74) is 0. The van der Waals surface area contributed by atoms with Crippen LogP contribution in [0.25, 0.3) is 0 Å². The number of ether oxygens (including phenoxy) is 2. The number of esters is 1. The van der Waals surface area contributed by atoms with Crippen molar-refractivity contribution >= 4 is 5.97 Å². The quantitative estimate of drug-likeness (QED) is 0.325. The van der Waals surface area contributed by atoms with Gasteiger partial charge in [0, 0.05) is 12.7 Å². The Hall–Kier alpha value is -0.950. The largest absolute Gasteiger partial charge is 0.466 e. The predicted octanol–water partition coefficient (Wildman–Crippen LogP) is -0.570. The molecule has 0 fully saturated rings. The molecule has 0 aromatic carbocycles. The fraction of sp³-hybridized carbons (Fsp3) is 0.700.